The molecule has 0 radical (unpaired) electrons. The van der Waals surface area contributed by atoms with Crippen LogP contribution in [0, 0.1) is 0 Å². The fraction of sp³-hybridized carbons (Fsp3) is 0.192. The van der Waals surface area contributed by atoms with Crippen LogP contribution >= 0.6 is 11.6 Å². The number of ether oxygens (including phenoxy) is 2. The molecule has 0 unspecified atom stereocenters. The second-order valence-electron chi connectivity index (χ2n) is 8.49. The van der Waals surface area contributed by atoms with Gasteiger partial charge >= 0.3 is 0 Å². The quantitative estimate of drug-likeness (QED) is 0.248. The lowest BCUT2D eigenvalue weighted by molar-refractivity contribution is -0.116. The topological polar surface area (TPSA) is 121 Å². The van der Waals surface area contributed by atoms with E-state index in [0.29, 0.717) is 56.6 Å². The van der Waals surface area contributed by atoms with Crippen molar-refractivity contribution in [3.8, 4) is 22.8 Å². The third-order valence-corrected chi connectivity index (χ3v) is 6.41. The molecule has 1 amide bonds. The number of amides is 1. The highest BCUT2D eigenvalue weighted by atomic mass is 35.5. The summed E-state index contributed by atoms with van der Waals surface area (Å²) in [7, 11) is 1.53. The maximum Gasteiger partial charge on any atom is 0.259 e. The van der Waals surface area contributed by atoms with Gasteiger partial charge in [0, 0.05) is 18.0 Å². The van der Waals surface area contributed by atoms with Crippen LogP contribution in [-0.4, -0.2) is 40.1 Å². The molecule has 3 heterocycles. The van der Waals surface area contributed by atoms with Crippen LogP contribution in [0.3, 0.4) is 0 Å². The zero-order valence-corrected chi connectivity index (χ0v) is 20.2. The van der Waals surface area contributed by atoms with Crippen molar-refractivity contribution in [3.05, 3.63) is 77.0 Å². The Morgan fingerprint density at radius 1 is 1.31 bits per heavy atom. The summed E-state index contributed by atoms with van der Waals surface area (Å²) in [6, 6.07) is 8.93. The molecule has 0 bridgehead atoms. The fourth-order valence-electron chi connectivity index (χ4n) is 4.11. The summed E-state index contributed by atoms with van der Waals surface area (Å²) in [5.74, 6) is 0.716. The van der Waals surface area contributed by atoms with Crippen molar-refractivity contribution in [2.45, 2.75) is 18.4 Å². The molecule has 4 N–H and O–H groups in total. The Morgan fingerprint density at radius 3 is 2.89 bits per heavy atom. The molecule has 3 aromatic heterocycles. The summed E-state index contributed by atoms with van der Waals surface area (Å²) in [6.07, 6.45) is 7.67. The Kier molecular flexibility index (Phi) is 6.15. The minimum absolute atomic E-state index is 0.256. The van der Waals surface area contributed by atoms with Crippen LogP contribution in [0.25, 0.3) is 22.2 Å². The van der Waals surface area contributed by atoms with Gasteiger partial charge in [-0.2, -0.15) is 0 Å². The molecule has 1 fully saturated rings. The van der Waals surface area contributed by atoms with E-state index in [2.05, 4.69) is 32.2 Å². The first-order valence-electron chi connectivity index (χ1n) is 11.3. The van der Waals surface area contributed by atoms with Gasteiger partial charge in [0.2, 0.25) is 5.91 Å². The van der Waals surface area contributed by atoms with Gasteiger partial charge in [-0.1, -0.05) is 24.2 Å². The maximum atomic E-state index is 12.9. The number of nitrogens with one attached hydrogen (secondary N) is 4. The van der Waals surface area contributed by atoms with E-state index < -0.39 is 5.60 Å². The first-order chi connectivity index (χ1) is 17.4. The Balaban J connectivity index is 1.60. The van der Waals surface area contributed by atoms with Gasteiger partial charge in [-0.15, -0.1) is 0 Å². The zero-order valence-electron chi connectivity index (χ0n) is 19.5. The number of H-pyrrole nitrogens is 2. The number of nitrogens with zero attached hydrogens (tertiary/aromatic N) is 1. The van der Waals surface area contributed by atoms with Gasteiger partial charge in [0.1, 0.15) is 11.4 Å². The molecule has 0 saturated heterocycles. The van der Waals surface area contributed by atoms with Crippen molar-refractivity contribution < 1.29 is 14.3 Å². The van der Waals surface area contributed by atoms with Crippen LogP contribution in [0.15, 0.2) is 66.4 Å². The number of para-hydroxylation sites is 1. The average molecular weight is 506 g/mol. The second-order valence-corrected chi connectivity index (χ2v) is 8.90. The summed E-state index contributed by atoms with van der Waals surface area (Å²) in [5, 5.41) is 7.03. The van der Waals surface area contributed by atoms with Gasteiger partial charge in [0.15, 0.2) is 5.75 Å². The van der Waals surface area contributed by atoms with E-state index in [-0.39, 0.29) is 11.5 Å². The molecule has 1 aliphatic carbocycles. The minimum atomic E-state index is -0.524. The number of methoxy groups -OCH3 is 1. The number of carbonyl (C=O) groups is 1. The first kappa shape index (κ1) is 23.5. The molecule has 0 spiro atoms. The van der Waals surface area contributed by atoms with Crippen molar-refractivity contribution in [3.63, 3.8) is 0 Å². The second kappa shape index (κ2) is 9.43. The number of halogens is 1. The number of pyridine rings is 2. The lowest BCUT2D eigenvalue weighted by atomic mass is 10.1. The summed E-state index contributed by atoms with van der Waals surface area (Å²) >= 11 is 6.34. The number of fused-ring (bicyclic) bond motifs is 1. The van der Waals surface area contributed by atoms with Crippen LogP contribution in [0.2, 0.25) is 5.02 Å². The SMILES string of the molecule is C=CC(=O)NCC1(Oc2cnccc2-c2[nH]c3cc[nH]c(=O)c3c2Nc2cccc(Cl)c2OC)CC1. The third-order valence-electron chi connectivity index (χ3n) is 6.11. The lowest BCUT2D eigenvalue weighted by Crippen LogP contribution is -2.36. The molecular weight excluding hydrogens is 482 g/mol. The van der Waals surface area contributed by atoms with Gasteiger partial charge < -0.3 is 30.1 Å². The molecule has 0 aliphatic heterocycles. The normalized spacial score (nSPS) is 13.7. The van der Waals surface area contributed by atoms with Gasteiger partial charge in [0.05, 0.1) is 52.8 Å². The molecular formula is C26H24ClN5O4. The van der Waals surface area contributed by atoms with Crippen molar-refractivity contribution in [2.75, 3.05) is 19.0 Å². The predicted molar refractivity (Wildman–Crippen MR) is 139 cm³/mol. The summed E-state index contributed by atoms with van der Waals surface area (Å²) in [4.78, 5) is 34.9. The highest BCUT2D eigenvalue weighted by molar-refractivity contribution is 6.32. The van der Waals surface area contributed by atoms with E-state index in [4.69, 9.17) is 21.1 Å². The van der Waals surface area contributed by atoms with E-state index in [9.17, 15) is 9.59 Å². The van der Waals surface area contributed by atoms with Crippen molar-refractivity contribution in [1.82, 2.24) is 20.3 Å². The number of rotatable bonds is 9. The Bertz CT molecular complexity index is 1520. The van der Waals surface area contributed by atoms with Crippen LogP contribution < -0.4 is 25.7 Å². The van der Waals surface area contributed by atoms with Gasteiger partial charge in [-0.3, -0.25) is 14.6 Å². The van der Waals surface area contributed by atoms with E-state index in [1.54, 1.807) is 36.8 Å². The number of aromatic amines is 2. The fourth-order valence-corrected chi connectivity index (χ4v) is 4.36. The number of aromatic nitrogens is 3. The minimum Gasteiger partial charge on any atom is -0.493 e. The number of hydrogen-bond acceptors (Lipinski definition) is 6. The third kappa shape index (κ3) is 4.40. The number of anilines is 2. The van der Waals surface area contributed by atoms with E-state index in [1.165, 1.54) is 13.2 Å². The number of carbonyl (C=O) groups excluding carboxylic acids is 1. The smallest absolute Gasteiger partial charge is 0.259 e. The van der Waals surface area contributed by atoms with Gasteiger partial charge in [0.25, 0.3) is 5.56 Å². The first-order valence-corrected chi connectivity index (χ1v) is 11.7. The largest absolute Gasteiger partial charge is 0.493 e. The molecule has 10 heteroatoms. The molecule has 9 nitrogen and oxygen atoms in total. The van der Waals surface area contributed by atoms with Crippen LogP contribution in [0.4, 0.5) is 11.4 Å². The van der Waals surface area contributed by atoms with Crippen LogP contribution in [-0.2, 0) is 4.79 Å². The van der Waals surface area contributed by atoms with E-state index >= 15 is 0 Å². The molecule has 1 saturated carbocycles. The highest BCUT2D eigenvalue weighted by Crippen LogP contribution is 2.45. The van der Waals surface area contributed by atoms with Crippen molar-refractivity contribution >= 4 is 39.8 Å². The molecule has 36 heavy (non-hydrogen) atoms. The van der Waals surface area contributed by atoms with Gasteiger partial charge in [-0.25, -0.2) is 0 Å². The molecule has 4 aromatic rings. The number of benzene rings is 1. The molecule has 5 rings (SSSR count). The Hall–Kier alpha value is -4.24. The average Bonchev–Trinajstić information content (AvgIpc) is 3.55. The number of hydrogen-bond donors (Lipinski definition) is 4. The van der Waals surface area contributed by atoms with Crippen molar-refractivity contribution in [1.29, 1.82) is 0 Å². The van der Waals surface area contributed by atoms with Crippen LogP contribution in [0.1, 0.15) is 12.8 Å². The predicted octanol–water partition coefficient (Wildman–Crippen LogP) is 4.54. The maximum absolute atomic E-state index is 12.9. The Labute approximate surface area is 211 Å². The lowest BCUT2D eigenvalue weighted by Gasteiger charge is -2.20. The standard InChI is InChI=1S/C26H24ClN5O4/c1-3-20(33)30-14-26(9-10-26)36-19-13-28-11-7-15(19)22-23(21-17(31-22)8-12-29-25(21)34)32-18-6-4-5-16(27)24(18)35-2/h3-8,11-13,31-32H,1,9-10,14H2,2H3,(H,29,34)(H,30,33). The summed E-state index contributed by atoms with van der Waals surface area (Å²) in [5.41, 5.74) is 2.31. The molecule has 1 aliphatic rings. The highest BCUT2D eigenvalue weighted by Gasteiger charge is 2.46. The molecule has 1 aromatic carbocycles. The van der Waals surface area contributed by atoms with Gasteiger partial charge in [-0.05, 0) is 43.2 Å². The van der Waals surface area contributed by atoms with E-state index in [0.717, 1.165) is 12.8 Å². The summed E-state index contributed by atoms with van der Waals surface area (Å²) in [6.45, 7) is 3.84. The monoisotopic (exact) mass is 505 g/mol. The summed E-state index contributed by atoms with van der Waals surface area (Å²) < 4.78 is 11.9. The van der Waals surface area contributed by atoms with Crippen molar-refractivity contribution in [2.24, 2.45) is 0 Å². The van der Waals surface area contributed by atoms with E-state index in [1.807, 2.05) is 12.1 Å². The molecule has 184 valence electrons. The Morgan fingerprint density at radius 2 is 2.14 bits per heavy atom. The molecule has 0 atom stereocenters. The van der Waals surface area contributed by atoms with Crippen LogP contribution in [0.5, 0.6) is 11.5 Å². The zero-order chi connectivity index (χ0) is 25.3.